The predicted octanol–water partition coefficient (Wildman–Crippen LogP) is 22.0. The highest BCUT2D eigenvalue weighted by Gasteiger charge is 2.26. The molecule has 0 fully saturated rings. The predicted molar refractivity (Wildman–Crippen MR) is 333 cm³/mol. The Bertz CT molecular complexity index is 4780. The van der Waals surface area contributed by atoms with Gasteiger partial charge in [0, 0.05) is 67.2 Å². The molecule has 2 aromatic heterocycles. The van der Waals surface area contributed by atoms with Crippen molar-refractivity contribution in [3.8, 4) is 0 Å². The van der Waals surface area contributed by atoms with Gasteiger partial charge >= 0.3 is 0 Å². The smallest absolute Gasteiger partial charge is 0.137 e. The summed E-state index contributed by atoms with van der Waals surface area (Å²) in [7, 11) is 0. The average Bonchev–Trinajstić information content (AvgIpc) is 4.15. The lowest BCUT2D eigenvalue weighted by atomic mass is 9.86. The van der Waals surface area contributed by atoms with E-state index in [4.69, 9.17) is 8.83 Å². The van der Waals surface area contributed by atoms with Crippen LogP contribution in [0.5, 0.6) is 0 Å². The topological polar surface area (TPSA) is 32.8 Å². The van der Waals surface area contributed by atoms with Crippen molar-refractivity contribution in [1.29, 1.82) is 0 Å². The van der Waals surface area contributed by atoms with E-state index in [1.165, 1.54) is 75.8 Å². The van der Waals surface area contributed by atoms with Crippen molar-refractivity contribution in [2.24, 2.45) is 0 Å². The van der Waals surface area contributed by atoms with Gasteiger partial charge in [0.2, 0.25) is 0 Å². The van der Waals surface area contributed by atoms with Gasteiger partial charge in [-0.2, -0.15) is 0 Å². The first kappa shape index (κ1) is 44.9. The fourth-order valence-electron chi connectivity index (χ4n) is 13.1. The summed E-state index contributed by atoms with van der Waals surface area (Å²) in [5.41, 5.74) is 12.4. The second-order valence-electron chi connectivity index (χ2n) is 23.7. The Hall–Kier alpha value is -9.38. The molecule has 0 unspecified atom stereocenters. The van der Waals surface area contributed by atoms with Gasteiger partial charge < -0.3 is 18.6 Å². The van der Waals surface area contributed by atoms with Gasteiger partial charge in [-0.05, 0) is 172 Å². The maximum atomic E-state index is 6.93. The largest absolute Gasteiger partial charge is 0.456 e. The molecule has 0 aliphatic rings. The highest BCUT2D eigenvalue weighted by molar-refractivity contribution is 6.30. The van der Waals surface area contributed by atoms with Gasteiger partial charge in [-0.15, -0.1) is 0 Å². The molecule has 0 bridgehead atoms. The summed E-state index contributed by atoms with van der Waals surface area (Å²) in [5, 5.41) is 21.8. The molecule has 0 amide bonds. The van der Waals surface area contributed by atoms with Crippen LogP contribution in [-0.2, 0) is 10.8 Å². The molecule has 2 heterocycles. The van der Waals surface area contributed by atoms with Crippen LogP contribution in [0.2, 0.25) is 0 Å². The van der Waals surface area contributed by atoms with Crippen LogP contribution >= 0.6 is 0 Å². The molecule has 16 rings (SSSR count). The molecule has 0 saturated carbocycles. The summed E-state index contributed by atoms with van der Waals surface area (Å²) in [5.74, 6) is 0. The van der Waals surface area contributed by atoms with E-state index >= 15 is 0 Å². The zero-order valence-electron chi connectivity index (χ0n) is 44.5. The second-order valence-corrected chi connectivity index (χ2v) is 23.7. The molecule has 0 aliphatic heterocycles. The van der Waals surface area contributed by atoms with Crippen LogP contribution in [0, 0.1) is 0 Å². The van der Waals surface area contributed by atoms with Crippen molar-refractivity contribution in [3.05, 3.63) is 230 Å². The summed E-state index contributed by atoms with van der Waals surface area (Å²) in [6.45, 7) is 13.7. The van der Waals surface area contributed by atoms with E-state index in [0.717, 1.165) is 88.8 Å². The summed E-state index contributed by atoms with van der Waals surface area (Å²) in [6, 6.07) is 80.9. The van der Waals surface area contributed by atoms with Crippen LogP contribution in [0.3, 0.4) is 0 Å². The van der Waals surface area contributed by atoms with Gasteiger partial charge in [-0.1, -0.05) is 163 Å². The maximum absolute atomic E-state index is 6.93. The third kappa shape index (κ3) is 6.59. The Morgan fingerprint density at radius 3 is 1.00 bits per heavy atom. The Balaban J connectivity index is 0.858. The number of fused-ring (bicyclic) bond motifs is 9. The minimum atomic E-state index is -0.0345. The monoisotopic (exact) mass is 1000 g/mol. The number of furan rings is 2. The van der Waals surface area contributed by atoms with Crippen molar-refractivity contribution < 1.29 is 8.83 Å². The normalized spacial score (nSPS) is 12.7. The van der Waals surface area contributed by atoms with Crippen LogP contribution in [0.25, 0.3) is 119 Å². The fourth-order valence-corrected chi connectivity index (χ4v) is 13.1. The van der Waals surface area contributed by atoms with Crippen molar-refractivity contribution in [1.82, 2.24) is 0 Å². The molecule has 0 atom stereocenters. The van der Waals surface area contributed by atoms with Gasteiger partial charge in [0.1, 0.15) is 22.3 Å². The number of anilines is 6. The third-order valence-electron chi connectivity index (χ3n) is 17.0. The molecule has 78 heavy (non-hydrogen) atoms. The lowest BCUT2D eigenvalue weighted by Crippen LogP contribution is -2.14. The van der Waals surface area contributed by atoms with E-state index in [1.54, 1.807) is 0 Å². The SMILES string of the molecule is CC(C)(C)c1cccc(N(c2ccc3c(c2)oc2ccc4c(ccc5oc6cc(N(c7cccc(C(C)(C)C)c7)c7ccc8ccc9cccc%10ccc7c8c9%10)ccc6c54)c23)c2ccc3ccc4cccc5ccc2c3c45)c1. The van der Waals surface area contributed by atoms with E-state index in [-0.39, 0.29) is 10.8 Å². The molecule has 372 valence electrons. The number of hydrogen-bond acceptors (Lipinski definition) is 4. The molecule has 4 heteroatoms. The average molecular weight is 1000 g/mol. The Morgan fingerprint density at radius 2 is 0.590 bits per heavy atom. The summed E-state index contributed by atoms with van der Waals surface area (Å²) in [4.78, 5) is 4.85. The standard InChI is InChI=1S/C74H54N2O2/c1-73(2,3)49-15-9-17-51(39-49)75(61-35-25-47-21-19-43-11-7-13-45-23-29-57(61)69(47)67(43)45)53-27-31-59-65(41-53)77-63-37-33-56-55(71(59)63)34-38-64-72(56)60-32-28-54(42-66(60)78-64)76(52-18-10-16-50(40-52)74(4,5)6)62-36-26-48-22-20-44-12-8-14-46-24-30-58(62)70(48)68(44)46/h7-42H,1-6H3. The van der Waals surface area contributed by atoms with Gasteiger partial charge in [-0.3, -0.25) is 0 Å². The molecule has 4 nitrogen and oxygen atoms in total. The van der Waals surface area contributed by atoms with Crippen LogP contribution in [0.4, 0.5) is 34.1 Å². The van der Waals surface area contributed by atoms with Crippen molar-refractivity contribution in [2.75, 3.05) is 9.80 Å². The van der Waals surface area contributed by atoms with Crippen molar-refractivity contribution in [3.63, 3.8) is 0 Å². The van der Waals surface area contributed by atoms with Gasteiger partial charge in [-0.25, -0.2) is 0 Å². The van der Waals surface area contributed by atoms with E-state index in [9.17, 15) is 0 Å². The number of hydrogen-bond donors (Lipinski definition) is 0. The molecular formula is C74H54N2O2. The van der Waals surface area contributed by atoms with E-state index < -0.39 is 0 Å². The van der Waals surface area contributed by atoms with Gasteiger partial charge in [0.05, 0.1) is 11.4 Å². The number of rotatable bonds is 6. The molecule has 0 aliphatic carbocycles. The zero-order valence-corrected chi connectivity index (χ0v) is 44.5. The molecule has 16 aromatic rings. The second kappa shape index (κ2) is 16.1. The molecule has 0 radical (unpaired) electrons. The quantitative estimate of drug-likeness (QED) is 0.155. The van der Waals surface area contributed by atoms with Crippen molar-refractivity contribution in [2.45, 2.75) is 52.4 Å². The number of nitrogens with zero attached hydrogens (tertiary/aromatic N) is 2. The summed E-state index contributed by atoms with van der Waals surface area (Å²) < 4.78 is 13.9. The fraction of sp³-hybridized carbons (Fsp3) is 0.108. The third-order valence-corrected chi connectivity index (χ3v) is 17.0. The summed E-state index contributed by atoms with van der Waals surface area (Å²) >= 11 is 0. The highest BCUT2D eigenvalue weighted by Crippen LogP contribution is 2.49. The van der Waals surface area contributed by atoms with E-state index in [2.05, 4.69) is 270 Å². The highest BCUT2D eigenvalue weighted by atomic mass is 16.3. The summed E-state index contributed by atoms with van der Waals surface area (Å²) in [6.07, 6.45) is 0. The van der Waals surface area contributed by atoms with Crippen LogP contribution in [-0.4, -0.2) is 0 Å². The van der Waals surface area contributed by atoms with Gasteiger partial charge in [0.25, 0.3) is 0 Å². The zero-order chi connectivity index (χ0) is 52.3. The first-order chi connectivity index (χ1) is 37.9. The van der Waals surface area contributed by atoms with Crippen molar-refractivity contribution >= 4 is 153 Å². The van der Waals surface area contributed by atoms with Crippen LogP contribution in [0.15, 0.2) is 227 Å². The van der Waals surface area contributed by atoms with E-state index in [0.29, 0.717) is 0 Å². The van der Waals surface area contributed by atoms with Crippen LogP contribution in [0.1, 0.15) is 52.7 Å². The minimum absolute atomic E-state index is 0.0345. The Morgan fingerprint density at radius 1 is 0.256 bits per heavy atom. The number of benzene rings is 14. The van der Waals surface area contributed by atoms with E-state index in [1.807, 2.05) is 0 Å². The Kier molecular flexibility index (Phi) is 9.25. The maximum Gasteiger partial charge on any atom is 0.137 e. The minimum Gasteiger partial charge on any atom is -0.456 e. The van der Waals surface area contributed by atoms with Crippen LogP contribution < -0.4 is 9.80 Å². The molecule has 0 saturated heterocycles. The molecule has 0 spiro atoms. The molecule has 14 aromatic carbocycles. The first-order valence-corrected chi connectivity index (χ1v) is 27.3. The lowest BCUT2D eigenvalue weighted by Gasteiger charge is -2.29. The first-order valence-electron chi connectivity index (χ1n) is 27.3. The van der Waals surface area contributed by atoms with Gasteiger partial charge in [0.15, 0.2) is 0 Å². The molecular weight excluding hydrogens is 949 g/mol. The molecule has 0 N–H and O–H groups in total. The lowest BCUT2D eigenvalue weighted by molar-refractivity contribution is 0.590. The Labute approximate surface area is 451 Å².